The number of hydrogen-bond donors (Lipinski definition) is 5. The van der Waals surface area contributed by atoms with Gasteiger partial charge in [0, 0.05) is 25.6 Å². The minimum Gasteiger partial charge on any atom is -0.480 e. The summed E-state index contributed by atoms with van der Waals surface area (Å²) in [5, 5.41) is 18.4. The Hall–Kier alpha value is -2.63. The number of amides is 1. The summed E-state index contributed by atoms with van der Waals surface area (Å²) in [6, 6.07) is -0.970. The Balaban J connectivity index is 0.000000585. The number of hydrogen-bond acceptors (Lipinski definition) is 5. The standard InChI is InChI=1S/C9H14N4O3.C2HF3O2/c10-2-1-8(14)13-7(9(15)16)3-6-4-11-5-12-6;3-2(4,5)1(6)7/h4-5,7H,1-3,10H2,(H,11,12)(H,13,14)(H,15,16);(H,6,7)/t7-;/m0./s1. The highest BCUT2D eigenvalue weighted by Crippen LogP contribution is 2.13. The summed E-state index contributed by atoms with van der Waals surface area (Å²) >= 11 is 0. The summed E-state index contributed by atoms with van der Waals surface area (Å²) in [5.41, 5.74) is 5.78. The van der Waals surface area contributed by atoms with E-state index in [1.54, 1.807) is 6.20 Å². The average molecular weight is 340 g/mol. The SMILES string of the molecule is NCCC(=O)N[C@@H](Cc1c[nH]cn1)C(=O)O.O=C(O)C(F)(F)F. The molecule has 0 aliphatic rings. The third-order valence-electron chi connectivity index (χ3n) is 2.22. The lowest BCUT2D eigenvalue weighted by Gasteiger charge is -2.12. The number of nitrogens with two attached hydrogens (primary N) is 1. The molecule has 0 aliphatic heterocycles. The highest BCUT2D eigenvalue weighted by atomic mass is 19.4. The topological polar surface area (TPSA) is 158 Å². The maximum atomic E-state index is 11.2. The van der Waals surface area contributed by atoms with E-state index in [2.05, 4.69) is 15.3 Å². The predicted molar refractivity (Wildman–Crippen MR) is 69.2 cm³/mol. The van der Waals surface area contributed by atoms with Crippen LogP contribution in [0, 0.1) is 0 Å². The number of nitrogens with zero attached hydrogens (tertiary/aromatic N) is 1. The van der Waals surface area contributed by atoms with Crippen LogP contribution in [0.3, 0.4) is 0 Å². The summed E-state index contributed by atoms with van der Waals surface area (Å²) < 4.78 is 31.7. The molecule has 1 amide bonds. The zero-order chi connectivity index (χ0) is 18.0. The van der Waals surface area contributed by atoms with Crippen LogP contribution < -0.4 is 11.1 Å². The van der Waals surface area contributed by atoms with Crippen molar-refractivity contribution >= 4 is 17.8 Å². The first kappa shape index (κ1) is 20.4. The highest BCUT2D eigenvalue weighted by molar-refractivity contribution is 5.83. The Bertz CT molecular complexity index is 518. The molecule has 0 aromatic carbocycles. The van der Waals surface area contributed by atoms with E-state index in [1.165, 1.54) is 6.33 Å². The van der Waals surface area contributed by atoms with Gasteiger partial charge in [-0.25, -0.2) is 14.6 Å². The molecule has 1 aromatic rings. The molecule has 1 aromatic heterocycles. The Kier molecular flexibility index (Phi) is 8.33. The Morgan fingerprint density at radius 1 is 1.35 bits per heavy atom. The maximum Gasteiger partial charge on any atom is 0.490 e. The van der Waals surface area contributed by atoms with Crippen LogP contribution in [0.5, 0.6) is 0 Å². The number of carbonyl (C=O) groups excluding carboxylic acids is 1. The van der Waals surface area contributed by atoms with Crippen LogP contribution in [0.2, 0.25) is 0 Å². The van der Waals surface area contributed by atoms with Crippen molar-refractivity contribution in [1.82, 2.24) is 15.3 Å². The number of alkyl halides is 3. The van der Waals surface area contributed by atoms with Crippen LogP contribution in [-0.4, -0.2) is 56.8 Å². The molecule has 6 N–H and O–H groups in total. The summed E-state index contributed by atoms with van der Waals surface area (Å²) in [5.74, 6) is -4.22. The van der Waals surface area contributed by atoms with Crippen LogP contribution >= 0.6 is 0 Å². The molecule has 0 spiro atoms. The van der Waals surface area contributed by atoms with E-state index >= 15 is 0 Å². The lowest BCUT2D eigenvalue weighted by molar-refractivity contribution is -0.192. The number of imidazole rings is 1. The maximum absolute atomic E-state index is 11.2. The number of rotatable bonds is 6. The molecule has 130 valence electrons. The van der Waals surface area contributed by atoms with Crippen LogP contribution in [-0.2, 0) is 20.8 Å². The highest BCUT2D eigenvalue weighted by Gasteiger charge is 2.38. The lowest BCUT2D eigenvalue weighted by Crippen LogP contribution is -2.42. The van der Waals surface area contributed by atoms with Crippen molar-refractivity contribution in [3.8, 4) is 0 Å². The van der Waals surface area contributed by atoms with Gasteiger partial charge in [-0.2, -0.15) is 13.2 Å². The molecule has 0 unspecified atom stereocenters. The van der Waals surface area contributed by atoms with E-state index < -0.39 is 24.2 Å². The van der Waals surface area contributed by atoms with E-state index in [0.29, 0.717) is 5.69 Å². The molecule has 9 nitrogen and oxygen atoms in total. The van der Waals surface area contributed by atoms with Crippen LogP contribution in [0.1, 0.15) is 12.1 Å². The third-order valence-corrected chi connectivity index (χ3v) is 2.22. The minimum absolute atomic E-state index is 0.115. The van der Waals surface area contributed by atoms with Crippen molar-refractivity contribution in [3.63, 3.8) is 0 Å². The monoisotopic (exact) mass is 340 g/mol. The van der Waals surface area contributed by atoms with Crippen molar-refractivity contribution in [2.24, 2.45) is 5.73 Å². The van der Waals surface area contributed by atoms with Crippen molar-refractivity contribution in [1.29, 1.82) is 0 Å². The normalized spacial score (nSPS) is 11.8. The van der Waals surface area contributed by atoms with E-state index in [9.17, 15) is 22.8 Å². The van der Waals surface area contributed by atoms with Crippen molar-refractivity contribution in [2.45, 2.75) is 25.1 Å². The van der Waals surface area contributed by atoms with Gasteiger partial charge in [0.1, 0.15) is 6.04 Å². The number of aliphatic carboxylic acids is 2. The number of carbonyl (C=O) groups is 3. The molecule has 0 bridgehead atoms. The molecule has 23 heavy (non-hydrogen) atoms. The first-order valence-corrected chi connectivity index (χ1v) is 6.08. The van der Waals surface area contributed by atoms with Crippen molar-refractivity contribution in [3.05, 3.63) is 18.2 Å². The molecule has 1 heterocycles. The molecule has 0 aliphatic carbocycles. The van der Waals surface area contributed by atoms with Gasteiger partial charge in [-0.05, 0) is 0 Å². The van der Waals surface area contributed by atoms with Gasteiger partial charge in [0.15, 0.2) is 0 Å². The first-order chi connectivity index (χ1) is 10.6. The number of halogens is 3. The van der Waals surface area contributed by atoms with E-state index in [0.717, 1.165) is 0 Å². The number of carboxylic acids is 2. The van der Waals surface area contributed by atoms with E-state index in [-0.39, 0.29) is 25.3 Å². The molecule has 12 heteroatoms. The largest absolute Gasteiger partial charge is 0.490 e. The van der Waals surface area contributed by atoms with Gasteiger partial charge in [0.2, 0.25) is 5.91 Å². The van der Waals surface area contributed by atoms with Crippen LogP contribution in [0.4, 0.5) is 13.2 Å². The summed E-state index contributed by atoms with van der Waals surface area (Å²) in [6.07, 6.45) is -1.78. The summed E-state index contributed by atoms with van der Waals surface area (Å²) in [7, 11) is 0. The third kappa shape index (κ3) is 9.08. The van der Waals surface area contributed by atoms with Gasteiger partial charge in [-0.3, -0.25) is 4.79 Å². The second kappa shape index (κ2) is 9.40. The molecule has 0 saturated carbocycles. The van der Waals surface area contributed by atoms with Gasteiger partial charge in [0.25, 0.3) is 0 Å². The van der Waals surface area contributed by atoms with Crippen LogP contribution in [0.15, 0.2) is 12.5 Å². The zero-order valence-corrected chi connectivity index (χ0v) is 11.6. The van der Waals surface area contributed by atoms with Gasteiger partial charge in [-0.15, -0.1) is 0 Å². The van der Waals surface area contributed by atoms with E-state index in [1.807, 2.05) is 0 Å². The second-order valence-corrected chi connectivity index (χ2v) is 4.06. The molecular formula is C11H15F3N4O5. The Labute approximate surface area is 127 Å². The number of aromatic nitrogens is 2. The molecule has 1 atom stereocenters. The number of aromatic amines is 1. The quantitative estimate of drug-likeness (QED) is 0.467. The number of H-pyrrole nitrogens is 1. The van der Waals surface area contributed by atoms with Crippen molar-refractivity contribution in [2.75, 3.05) is 6.54 Å². The van der Waals surface area contributed by atoms with Crippen molar-refractivity contribution < 1.29 is 37.8 Å². The smallest absolute Gasteiger partial charge is 0.480 e. The fraction of sp³-hybridized carbons (Fsp3) is 0.455. The van der Waals surface area contributed by atoms with Crippen LogP contribution in [0.25, 0.3) is 0 Å². The molecule has 0 fully saturated rings. The van der Waals surface area contributed by atoms with Gasteiger partial charge >= 0.3 is 18.1 Å². The number of carboxylic acid groups (broad SMARTS) is 2. The minimum atomic E-state index is -5.08. The molecule has 1 rings (SSSR count). The summed E-state index contributed by atoms with van der Waals surface area (Å²) in [6.45, 7) is 0.195. The fourth-order valence-electron chi connectivity index (χ4n) is 1.21. The zero-order valence-electron chi connectivity index (χ0n) is 11.6. The Morgan fingerprint density at radius 2 is 1.91 bits per heavy atom. The molecule has 0 radical (unpaired) electrons. The predicted octanol–water partition coefficient (Wildman–Crippen LogP) is -0.496. The second-order valence-electron chi connectivity index (χ2n) is 4.06. The number of nitrogens with one attached hydrogen (secondary N) is 2. The van der Waals surface area contributed by atoms with Gasteiger partial charge in [0.05, 0.1) is 12.0 Å². The van der Waals surface area contributed by atoms with Gasteiger partial charge in [-0.1, -0.05) is 0 Å². The summed E-state index contributed by atoms with van der Waals surface area (Å²) in [4.78, 5) is 37.6. The average Bonchev–Trinajstić information content (AvgIpc) is 2.90. The first-order valence-electron chi connectivity index (χ1n) is 6.08. The Morgan fingerprint density at radius 3 is 2.26 bits per heavy atom. The van der Waals surface area contributed by atoms with Gasteiger partial charge < -0.3 is 26.2 Å². The fourth-order valence-corrected chi connectivity index (χ4v) is 1.21. The molecular weight excluding hydrogens is 325 g/mol. The van der Waals surface area contributed by atoms with E-state index in [4.69, 9.17) is 20.7 Å². The molecule has 0 saturated heterocycles. The lowest BCUT2D eigenvalue weighted by atomic mass is 10.1.